The average Bonchev–Trinajstić information content (AvgIpc) is 2.34. The molecule has 1 aliphatic heterocycles. The van der Waals surface area contributed by atoms with E-state index in [4.69, 9.17) is 4.74 Å². The average molecular weight is 285 g/mol. The number of nitrogens with one attached hydrogen (secondary N) is 1. The Kier molecular flexibility index (Phi) is 5.80. The van der Waals surface area contributed by atoms with E-state index in [1.54, 1.807) is 9.80 Å². The summed E-state index contributed by atoms with van der Waals surface area (Å²) in [6, 6.07) is 0.294. The summed E-state index contributed by atoms with van der Waals surface area (Å²) in [4.78, 5) is 27.3. The molecule has 2 amide bonds. The van der Waals surface area contributed by atoms with Crippen molar-refractivity contribution in [1.82, 2.24) is 15.1 Å². The van der Waals surface area contributed by atoms with E-state index in [1.807, 2.05) is 34.6 Å². The van der Waals surface area contributed by atoms with Crippen molar-refractivity contribution >= 4 is 12.0 Å². The van der Waals surface area contributed by atoms with Crippen LogP contribution < -0.4 is 5.32 Å². The van der Waals surface area contributed by atoms with Crippen molar-refractivity contribution in [2.75, 3.05) is 32.7 Å². The molecule has 0 spiro atoms. The smallest absolute Gasteiger partial charge is 0.410 e. The van der Waals surface area contributed by atoms with Crippen LogP contribution in [0.4, 0.5) is 4.79 Å². The van der Waals surface area contributed by atoms with Gasteiger partial charge in [-0.25, -0.2) is 4.79 Å². The number of piperazine rings is 1. The van der Waals surface area contributed by atoms with Crippen LogP contribution in [-0.4, -0.2) is 66.2 Å². The molecule has 1 rings (SSSR count). The second-order valence-electron chi connectivity index (χ2n) is 6.38. The van der Waals surface area contributed by atoms with Gasteiger partial charge >= 0.3 is 6.09 Å². The Morgan fingerprint density at radius 2 is 1.60 bits per heavy atom. The lowest BCUT2D eigenvalue weighted by molar-refractivity contribution is -0.132. The molecular formula is C14H27N3O3. The van der Waals surface area contributed by atoms with Crippen LogP contribution in [0.5, 0.6) is 0 Å². The number of hydrogen-bond donors (Lipinski definition) is 1. The molecule has 0 aliphatic carbocycles. The quantitative estimate of drug-likeness (QED) is 0.842. The molecule has 0 bridgehead atoms. The third kappa shape index (κ3) is 5.77. The SMILES string of the molecule is CC(C)NCC(=O)N1CCN(C(=O)OC(C)(C)C)CC1. The number of ether oxygens (including phenoxy) is 1. The lowest BCUT2D eigenvalue weighted by Crippen LogP contribution is -2.53. The van der Waals surface area contributed by atoms with E-state index in [9.17, 15) is 9.59 Å². The van der Waals surface area contributed by atoms with Gasteiger partial charge in [-0.05, 0) is 20.8 Å². The predicted molar refractivity (Wildman–Crippen MR) is 77.5 cm³/mol. The number of carbonyl (C=O) groups is 2. The summed E-state index contributed by atoms with van der Waals surface area (Å²) in [6.45, 7) is 12.1. The van der Waals surface area contributed by atoms with Gasteiger partial charge in [-0.2, -0.15) is 0 Å². The highest BCUT2D eigenvalue weighted by atomic mass is 16.6. The molecule has 1 saturated heterocycles. The van der Waals surface area contributed by atoms with Crippen molar-refractivity contribution in [2.24, 2.45) is 0 Å². The summed E-state index contributed by atoms with van der Waals surface area (Å²) in [7, 11) is 0. The summed E-state index contributed by atoms with van der Waals surface area (Å²) in [5.41, 5.74) is -0.481. The minimum atomic E-state index is -0.481. The van der Waals surface area contributed by atoms with Crippen molar-refractivity contribution in [3.05, 3.63) is 0 Å². The van der Waals surface area contributed by atoms with Gasteiger partial charge in [0.2, 0.25) is 5.91 Å². The van der Waals surface area contributed by atoms with Crippen LogP contribution in [0.1, 0.15) is 34.6 Å². The van der Waals surface area contributed by atoms with Crippen molar-refractivity contribution in [3.8, 4) is 0 Å². The van der Waals surface area contributed by atoms with E-state index in [0.29, 0.717) is 38.8 Å². The first-order valence-electron chi connectivity index (χ1n) is 7.18. The third-order valence-corrected chi connectivity index (χ3v) is 2.95. The number of nitrogens with zero attached hydrogens (tertiary/aromatic N) is 2. The lowest BCUT2D eigenvalue weighted by atomic mass is 10.2. The normalized spacial score (nSPS) is 16.5. The molecule has 0 aromatic heterocycles. The van der Waals surface area contributed by atoms with Gasteiger partial charge in [-0.3, -0.25) is 4.79 Å². The van der Waals surface area contributed by atoms with Gasteiger partial charge in [0.1, 0.15) is 5.60 Å². The van der Waals surface area contributed by atoms with E-state index >= 15 is 0 Å². The van der Waals surface area contributed by atoms with Gasteiger partial charge in [-0.15, -0.1) is 0 Å². The summed E-state index contributed by atoms with van der Waals surface area (Å²) in [5, 5.41) is 3.11. The van der Waals surface area contributed by atoms with Gasteiger partial charge in [0.15, 0.2) is 0 Å². The van der Waals surface area contributed by atoms with Gasteiger partial charge in [0.05, 0.1) is 6.54 Å². The van der Waals surface area contributed by atoms with Gasteiger partial charge in [0, 0.05) is 32.2 Å². The Labute approximate surface area is 121 Å². The fraction of sp³-hybridized carbons (Fsp3) is 0.857. The number of rotatable bonds is 3. The molecule has 0 unspecified atom stereocenters. The molecule has 0 aromatic rings. The van der Waals surface area contributed by atoms with Crippen LogP contribution in [0.2, 0.25) is 0 Å². The zero-order valence-electron chi connectivity index (χ0n) is 13.2. The highest BCUT2D eigenvalue weighted by molar-refractivity contribution is 5.78. The Morgan fingerprint density at radius 1 is 1.10 bits per heavy atom. The fourth-order valence-electron chi connectivity index (χ4n) is 1.87. The molecule has 0 saturated carbocycles. The van der Waals surface area contributed by atoms with Gasteiger partial charge < -0.3 is 19.9 Å². The monoisotopic (exact) mass is 285 g/mol. The molecule has 1 aliphatic rings. The van der Waals surface area contributed by atoms with E-state index in [0.717, 1.165) is 0 Å². The highest BCUT2D eigenvalue weighted by Gasteiger charge is 2.27. The second-order valence-corrected chi connectivity index (χ2v) is 6.38. The zero-order chi connectivity index (χ0) is 15.3. The lowest BCUT2D eigenvalue weighted by Gasteiger charge is -2.35. The maximum absolute atomic E-state index is 11.9. The molecule has 0 atom stereocenters. The number of hydrogen-bond acceptors (Lipinski definition) is 4. The van der Waals surface area contributed by atoms with Crippen molar-refractivity contribution in [1.29, 1.82) is 0 Å². The number of amides is 2. The van der Waals surface area contributed by atoms with E-state index in [2.05, 4.69) is 5.32 Å². The maximum Gasteiger partial charge on any atom is 0.410 e. The minimum Gasteiger partial charge on any atom is -0.444 e. The van der Waals surface area contributed by atoms with Crippen molar-refractivity contribution in [2.45, 2.75) is 46.3 Å². The molecule has 6 heteroatoms. The second kappa shape index (κ2) is 6.92. The molecule has 20 heavy (non-hydrogen) atoms. The summed E-state index contributed by atoms with van der Waals surface area (Å²) in [6.07, 6.45) is -0.301. The van der Waals surface area contributed by atoms with Crippen molar-refractivity contribution < 1.29 is 14.3 Å². The van der Waals surface area contributed by atoms with Crippen LogP contribution in [-0.2, 0) is 9.53 Å². The molecule has 6 nitrogen and oxygen atoms in total. The molecule has 1 N–H and O–H groups in total. The van der Waals surface area contributed by atoms with E-state index < -0.39 is 5.60 Å². The topological polar surface area (TPSA) is 61.9 Å². The van der Waals surface area contributed by atoms with Crippen LogP contribution in [0.3, 0.4) is 0 Å². The van der Waals surface area contributed by atoms with Crippen LogP contribution >= 0.6 is 0 Å². The molecule has 0 aromatic carbocycles. The molecule has 1 fully saturated rings. The van der Waals surface area contributed by atoms with E-state index in [-0.39, 0.29) is 12.0 Å². The third-order valence-electron chi connectivity index (χ3n) is 2.95. The summed E-state index contributed by atoms with van der Waals surface area (Å²) < 4.78 is 5.32. The first kappa shape index (κ1) is 16.8. The summed E-state index contributed by atoms with van der Waals surface area (Å²) in [5.74, 6) is 0.0857. The predicted octanol–water partition coefficient (Wildman–Crippen LogP) is 1.06. The van der Waals surface area contributed by atoms with Gasteiger partial charge in [-0.1, -0.05) is 13.8 Å². The largest absolute Gasteiger partial charge is 0.444 e. The van der Waals surface area contributed by atoms with Gasteiger partial charge in [0.25, 0.3) is 0 Å². The van der Waals surface area contributed by atoms with Crippen LogP contribution in [0.15, 0.2) is 0 Å². The Hall–Kier alpha value is -1.30. The molecule has 1 heterocycles. The standard InChI is InChI=1S/C14H27N3O3/c1-11(2)15-10-12(18)16-6-8-17(9-7-16)13(19)20-14(3,4)5/h11,15H,6-10H2,1-5H3. The Bertz CT molecular complexity index is 342. The van der Waals surface area contributed by atoms with Crippen LogP contribution in [0.25, 0.3) is 0 Å². The zero-order valence-corrected chi connectivity index (χ0v) is 13.2. The maximum atomic E-state index is 11.9. The fourth-order valence-corrected chi connectivity index (χ4v) is 1.87. The Balaban J connectivity index is 2.36. The first-order valence-corrected chi connectivity index (χ1v) is 7.18. The van der Waals surface area contributed by atoms with Crippen molar-refractivity contribution in [3.63, 3.8) is 0 Å². The van der Waals surface area contributed by atoms with E-state index in [1.165, 1.54) is 0 Å². The molecular weight excluding hydrogens is 258 g/mol. The first-order chi connectivity index (χ1) is 9.19. The molecule has 0 radical (unpaired) electrons. The highest BCUT2D eigenvalue weighted by Crippen LogP contribution is 2.11. The minimum absolute atomic E-state index is 0.0857. The Morgan fingerprint density at radius 3 is 2.05 bits per heavy atom. The van der Waals surface area contributed by atoms with Crippen LogP contribution in [0, 0.1) is 0 Å². The summed E-state index contributed by atoms with van der Waals surface area (Å²) >= 11 is 0. The number of carbonyl (C=O) groups excluding carboxylic acids is 2. The molecule has 116 valence electrons.